The summed E-state index contributed by atoms with van der Waals surface area (Å²) in [4.78, 5) is 51.6. The summed E-state index contributed by atoms with van der Waals surface area (Å²) in [6.45, 7) is 0.480. The molecule has 2 atom stereocenters. The monoisotopic (exact) mass is 651 g/mol. The van der Waals surface area contributed by atoms with Crippen LogP contribution in [0.3, 0.4) is 0 Å². The highest BCUT2D eigenvalue weighted by Crippen LogP contribution is 2.40. The maximum atomic E-state index is 12.8. The number of benzene rings is 1. The van der Waals surface area contributed by atoms with Crippen molar-refractivity contribution >= 4 is 111 Å². The summed E-state index contributed by atoms with van der Waals surface area (Å²) in [5, 5.41) is 4.96. The summed E-state index contributed by atoms with van der Waals surface area (Å²) in [7, 11) is 0. The third kappa shape index (κ3) is 8.11. The number of ether oxygens (including phenoxy) is 2. The average molecular weight is 654 g/mol. The van der Waals surface area contributed by atoms with E-state index < -0.39 is 56.0 Å². The van der Waals surface area contributed by atoms with Gasteiger partial charge in [0.15, 0.2) is 0 Å². The number of esters is 2. The Morgan fingerprint density at radius 3 is 2.24 bits per heavy atom. The van der Waals surface area contributed by atoms with E-state index in [1.807, 2.05) is 0 Å². The van der Waals surface area contributed by atoms with Crippen molar-refractivity contribution in [1.29, 1.82) is 0 Å². The lowest BCUT2D eigenvalue weighted by molar-refractivity contribution is -0.152. The molecule has 2 aliphatic heterocycles. The van der Waals surface area contributed by atoms with Crippen LogP contribution in [0.2, 0.25) is 0 Å². The Balaban J connectivity index is 1.58. The number of hydrogen-bond acceptors (Lipinski definition) is 8. The van der Waals surface area contributed by atoms with E-state index in [9.17, 15) is 19.2 Å². The standard InChI is InChI=1S/C21H19Cl6N3O6S/c1-10-7-37-17-14(16(32)30(17)15(10)19(34)36-9-21(25,26)27)29-13(31)6-28-12-5-3-2-4-11(12)18(33)35-8-20(22,23)24/h2-5,14,17,28H,6-9H2,1H3,(H,29,31)/t14?,17-/m1/s1. The lowest BCUT2D eigenvalue weighted by Crippen LogP contribution is -2.70. The maximum absolute atomic E-state index is 12.8. The number of amides is 2. The first-order chi connectivity index (χ1) is 17.2. The van der Waals surface area contributed by atoms with E-state index >= 15 is 0 Å². The van der Waals surface area contributed by atoms with E-state index in [1.54, 1.807) is 25.1 Å². The first-order valence-corrected chi connectivity index (χ1v) is 13.7. The van der Waals surface area contributed by atoms with Crippen LogP contribution < -0.4 is 10.6 Å². The lowest BCUT2D eigenvalue weighted by Gasteiger charge is -2.49. The molecule has 2 aliphatic rings. The van der Waals surface area contributed by atoms with E-state index in [-0.39, 0.29) is 17.8 Å². The summed E-state index contributed by atoms with van der Waals surface area (Å²) in [6, 6.07) is 5.42. The molecule has 1 aromatic carbocycles. The van der Waals surface area contributed by atoms with E-state index in [4.69, 9.17) is 79.1 Å². The number of halogens is 6. The first-order valence-electron chi connectivity index (χ1n) is 10.4. The summed E-state index contributed by atoms with van der Waals surface area (Å²) in [6.07, 6.45) is 0. The summed E-state index contributed by atoms with van der Waals surface area (Å²) in [5.74, 6) is -2.13. The van der Waals surface area contributed by atoms with E-state index in [0.29, 0.717) is 17.0 Å². The van der Waals surface area contributed by atoms with Crippen molar-refractivity contribution in [3.8, 4) is 0 Å². The number of alkyl halides is 6. The number of hydrogen-bond donors (Lipinski definition) is 2. The van der Waals surface area contributed by atoms with Gasteiger partial charge in [0.05, 0.1) is 12.1 Å². The van der Waals surface area contributed by atoms with E-state index in [2.05, 4.69) is 10.6 Å². The molecule has 37 heavy (non-hydrogen) atoms. The Labute approximate surface area is 246 Å². The van der Waals surface area contributed by atoms with Crippen LogP contribution in [0.1, 0.15) is 17.3 Å². The Kier molecular flexibility index (Phi) is 10.0. The smallest absolute Gasteiger partial charge is 0.355 e. The molecule has 2 heterocycles. The van der Waals surface area contributed by atoms with Gasteiger partial charge in [-0.25, -0.2) is 9.59 Å². The Bertz CT molecular complexity index is 1120. The Morgan fingerprint density at radius 1 is 1.03 bits per heavy atom. The van der Waals surface area contributed by atoms with Gasteiger partial charge < -0.3 is 20.1 Å². The molecule has 0 radical (unpaired) electrons. The van der Waals surface area contributed by atoms with Crippen LogP contribution in [0.15, 0.2) is 35.5 Å². The molecule has 3 rings (SSSR count). The second kappa shape index (κ2) is 12.3. The van der Waals surface area contributed by atoms with Crippen LogP contribution in [0, 0.1) is 0 Å². The number of nitrogens with one attached hydrogen (secondary N) is 2. The van der Waals surface area contributed by atoms with Crippen molar-refractivity contribution in [3.63, 3.8) is 0 Å². The van der Waals surface area contributed by atoms with Gasteiger partial charge in [-0.15, -0.1) is 11.8 Å². The predicted molar refractivity (Wildman–Crippen MR) is 144 cm³/mol. The topological polar surface area (TPSA) is 114 Å². The molecule has 1 aromatic rings. The van der Waals surface area contributed by atoms with Gasteiger partial charge >= 0.3 is 11.9 Å². The van der Waals surface area contributed by atoms with Gasteiger partial charge in [-0.3, -0.25) is 14.5 Å². The molecular weight excluding hydrogens is 635 g/mol. The molecule has 9 nitrogen and oxygen atoms in total. The third-order valence-electron chi connectivity index (χ3n) is 4.99. The first kappa shape index (κ1) is 30.3. The zero-order chi connectivity index (χ0) is 27.5. The van der Waals surface area contributed by atoms with E-state index in [1.165, 1.54) is 22.7 Å². The third-order valence-corrected chi connectivity index (χ3v) is 7.07. The number of nitrogens with zero attached hydrogens (tertiary/aromatic N) is 1. The Hall–Kier alpha value is -1.27. The number of β-lactam (4-membered cyclic amide) rings is 1. The lowest BCUT2D eigenvalue weighted by atomic mass is 10.0. The number of fused-ring (bicyclic) bond motifs is 1. The number of anilines is 1. The minimum Gasteiger partial charge on any atom is -0.457 e. The van der Waals surface area contributed by atoms with Crippen LogP contribution in [0.4, 0.5) is 5.69 Å². The van der Waals surface area contributed by atoms with Gasteiger partial charge in [0.25, 0.3) is 5.91 Å². The molecule has 0 bridgehead atoms. The van der Waals surface area contributed by atoms with E-state index in [0.717, 1.165) is 0 Å². The molecule has 202 valence electrons. The number of carbonyl (C=O) groups is 4. The molecule has 0 saturated carbocycles. The van der Waals surface area contributed by atoms with Crippen LogP contribution >= 0.6 is 81.4 Å². The fourth-order valence-electron chi connectivity index (χ4n) is 3.42. The quantitative estimate of drug-likeness (QED) is 0.244. The highest BCUT2D eigenvalue weighted by atomic mass is 35.6. The molecule has 16 heteroatoms. The molecule has 1 fully saturated rings. The van der Waals surface area contributed by atoms with Crippen LogP contribution in [0.5, 0.6) is 0 Å². The normalized spacial score (nSPS) is 19.5. The average Bonchev–Trinajstić information content (AvgIpc) is 2.82. The molecule has 0 aliphatic carbocycles. The minimum atomic E-state index is -1.80. The van der Waals surface area contributed by atoms with Gasteiger partial charge in [0, 0.05) is 11.4 Å². The van der Waals surface area contributed by atoms with Crippen LogP contribution in [0.25, 0.3) is 0 Å². The molecule has 0 aromatic heterocycles. The highest BCUT2D eigenvalue weighted by Gasteiger charge is 2.54. The van der Waals surface area contributed by atoms with Gasteiger partial charge in [0.2, 0.25) is 13.5 Å². The van der Waals surface area contributed by atoms with Crippen LogP contribution in [-0.4, -0.2) is 73.2 Å². The summed E-state index contributed by atoms with van der Waals surface area (Å²) in [5.41, 5.74) is 1.11. The summed E-state index contributed by atoms with van der Waals surface area (Å²) < 4.78 is 6.45. The Morgan fingerprint density at radius 2 is 1.62 bits per heavy atom. The van der Waals surface area contributed by atoms with Crippen molar-refractivity contribution in [3.05, 3.63) is 41.1 Å². The predicted octanol–water partition coefficient (Wildman–Crippen LogP) is 4.21. The molecule has 1 saturated heterocycles. The number of carbonyl (C=O) groups excluding carboxylic acids is 4. The van der Waals surface area contributed by atoms with Crippen LogP contribution in [-0.2, 0) is 23.9 Å². The minimum absolute atomic E-state index is 0.0638. The second-order valence-electron chi connectivity index (χ2n) is 7.87. The number of thioether (sulfide) groups is 1. The fourth-order valence-corrected chi connectivity index (χ4v) is 5.04. The van der Waals surface area contributed by atoms with Crippen molar-refractivity contribution in [2.75, 3.05) is 30.8 Å². The fraction of sp³-hybridized carbons (Fsp3) is 0.429. The number of para-hydroxylation sites is 1. The molecular formula is C21H19Cl6N3O6S. The zero-order valence-corrected chi connectivity index (χ0v) is 24.2. The molecule has 2 N–H and O–H groups in total. The van der Waals surface area contributed by atoms with Crippen molar-refractivity contribution in [2.24, 2.45) is 0 Å². The van der Waals surface area contributed by atoms with Crippen molar-refractivity contribution < 1.29 is 28.7 Å². The number of rotatable bonds is 8. The summed E-state index contributed by atoms with van der Waals surface area (Å²) >= 11 is 35.1. The van der Waals surface area contributed by atoms with Crippen molar-refractivity contribution in [1.82, 2.24) is 10.2 Å². The largest absolute Gasteiger partial charge is 0.457 e. The zero-order valence-electron chi connectivity index (χ0n) is 18.9. The van der Waals surface area contributed by atoms with Gasteiger partial charge in [-0.2, -0.15) is 0 Å². The SMILES string of the molecule is CC1=C(C(=O)OCC(Cl)(Cl)Cl)N2C(=O)C(NC(=O)CNc3ccccc3C(=O)OCC(Cl)(Cl)Cl)[C@H]2SC1. The maximum Gasteiger partial charge on any atom is 0.355 e. The molecule has 0 spiro atoms. The van der Waals surface area contributed by atoms with Gasteiger partial charge in [0.1, 0.15) is 30.3 Å². The van der Waals surface area contributed by atoms with Gasteiger partial charge in [-0.05, 0) is 24.6 Å². The molecule has 1 unspecified atom stereocenters. The molecule has 2 amide bonds. The highest BCUT2D eigenvalue weighted by molar-refractivity contribution is 8.00. The second-order valence-corrected chi connectivity index (χ2v) is 14.0. The van der Waals surface area contributed by atoms with Crippen molar-refractivity contribution in [2.45, 2.75) is 25.9 Å². The van der Waals surface area contributed by atoms with Gasteiger partial charge in [-0.1, -0.05) is 81.7 Å².